The maximum atomic E-state index is 6.13. The molecule has 1 atom stereocenters. The summed E-state index contributed by atoms with van der Waals surface area (Å²) in [6.07, 6.45) is 0. The van der Waals surface area contributed by atoms with Gasteiger partial charge in [0.2, 0.25) is 0 Å². The average molecular weight is 345 g/mol. The summed E-state index contributed by atoms with van der Waals surface area (Å²) in [5, 5.41) is 5.15. The van der Waals surface area contributed by atoms with Crippen LogP contribution >= 0.6 is 34.8 Å². The van der Waals surface area contributed by atoms with Crippen molar-refractivity contribution in [2.45, 2.75) is 13.0 Å². The van der Waals surface area contributed by atoms with Gasteiger partial charge in [-0.1, -0.05) is 47.8 Å². The number of methoxy groups -OCH3 is 1. The zero-order valence-corrected chi connectivity index (χ0v) is 14.1. The van der Waals surface area contributed by atoms with Crippen molar-refractivity contribution in [3.8, 4) is 5.75 Å². The van der Waals surface area contributed by atoms with Crippen LogP contribution in [0.15, 0.2) is 36.4 Å². The first kappa shape index (κ1) is 16.4. The van der Waals surface area contributed by atoms with Crippen molar-refractivity contribution in [1.82, 2.24) is 5.32 Å². The number of hydrogen-bond donors (Lipinski definition) is 1. The fraction of sp³-hybridized carbons (Fsp3) is 0.250. The van der Waals surface area contributed by atoms with Crippen molar-refractivity contribution >= 4 is 34.8 Å². The first-order valence-corrected chi connectivity index (χ1v) is 7.72. The maximum Gasteiger partial charge on any atom is 0.124 e. The molecule has 0 spiro atoms. The van der Waals surface area contributed by atoms with Gasteiger partial charge in [-0.05, 0) is 42.4 Å². The van der Waals surface area contributed by atoms with E-state index in [4.69, 9.17) is 39.5 Å². The van der Waals surface area contributed by atoms with Gasteiger partial charge >= 0.3 is 0 Å². The van der Waals surface area contributed by atoms with Gasteiger partial charge in [0.25, 0.3) is 0 Å². The Morgan fingerprint density at radius 2 is 1.81 bits per heavy atom. The average Bonchev–Trinajstić information content (AvgIpc) is 2.48. The molecule has 2 aromatic rings. The summed E-state index contributed by atoms with van der Waals surface area (Å²) < 4.78 is 5.45. The number of ether oxygens (including phenoxy) is 1. The molecular weight excluding hydrogens is 329 g/mol. The van der Waals surface area contributed by atoms with Gasteiger partial charge in [-0.3, -0.25) is 0 Å². The Bertz CT molecular complexity index is 631. The number of benzene rings is 2. The highest BCUT2D eigenvalue weighted by molar-refractivity contribution is 6.42. The van der Waals surface area contributed by atoms with Gasteiger partial charge in [-0.15, -0.1) is 0 Å². The molecule has 21 heavy (non-hydrogen) atoms. The van der Waals surface area contributed by atoms with Crippen molar-refractivity contribution in [1.29, 1.82) is 0 Å². The third-order valence-electron chi connectivity index (χ3n) is 3.19. The Hall–Kier alpha value is -0.930. The molecule has 0 heterocycles. The van der Waals surface area contributed by atoms with Gasteiger partial charge in [0, 0.05) is 10.6 Å². The molecule has 0 amide bonds. The summed E-state index contributed by atoms with van der Waals surface area (Å²) in [6, 6.07) is 11.1. The molecule has 0 aromatic heterocycles. The summed E-state index contributed by atoms with van der Waals surface area (Å²) in [7, 11) is 1.64. The molecule has 0 aliphatic heterocycles. The second kappa shape index (κ2) is 7.37. The molecule has 2 nitrogen and oxygen atoms in total. The number of rotatable bonds is 5. The van der Waals surface area contributed by atoms with Crippen molar-refractivity contribution < 1.29 is 4.74 Å². The van der Waals surface area contributed by atoms with Gasteiger partial charge in [-0.25, -0.2) is 0 Å². The van der Waals surface area contributed by atoms with Crippen molar-refractivity contribution in [2.24, 2.45) is 0 Å². The van der Waals surface area contributed by atoms with E-state index in [1.165, 1.54) is 0 Å². The van der Waals surface area contributed by atoms with Crippen LogP contribution in [0.2, 0.25) is 15.1 Å². The maximum absolute atomic E-state index is 6.13. The molecule has 1 N–H and O–H groups in total. The molecule has 0 saturated heterocycles. The fourth-order valence-electron chi connectivity index (χ4n) is 2.23. The molecular formula is C16H16Cl3NO. The highest BCUT2D eigenvalue weighted by Gasteiger charge is 2.18. The molecule has 0 saturated carbocycles. The predicted octanol–water partition coefficient (Wildman–Crippen LogP) is 5.35. The van der Waals surface area contributed by atoms with Crippen LogP contribution in [0, 0.1) is 0 Å². The van der Waals surface area contributed by atoms with E-state index in [0.717, 1.165) is 23.4 Å². The first-order chi connectivity index (χ1) is 10.1. The van der Waals surface area contributed by atoms with E-state index in [2.05, 4.69) is 5.32 Å². The Kier molecular flexibility index (Phi) is 5.77. The summed E-state index contributed by atoms with van der Waals surface area (Å²) in [5.41, 5.74) is 1.97. The molecule has 0 aliphatic rings. The number of halogens is 3. The molecule has 5 heteroatoms. The molecule has 0 bridgehead atoms. The van der Waals surface area contributed by atoms with Crippen LogP contribution in [0.5, 0.6) is 5.75 Å². The van der Waals surface area contributed by atoms with Gasteiger partial charge in [0.1, 0.15) is 5.75 Å². The monoisotopic (exact) mass is 343 g/mol. The fourth-order valence-corrected chi connectivity index (χ4v) is 2.72. The van der Waals surface area contributed by atoms with Crippen LogP contribution in [0.4, 0.5) is 0 Å². The smallest absolute Gasteiger partial charge is 0.124 e. The molecule has 112 valence electrons. The van der Waals surface area contributed by atoms with Gasteiger partial charge in [0.05, 0.1) is 23.2 Å². The van der Waals surface area contributed by atoms with E-state index in [-0.39, 0.29) is 6.04 Å². The second-order valence-corrected chi connectivity index (χ2v) is 5.80. The van der Waals surface area contributed by atoms with E-state index in [9.17, 15) is 0 Å². The van der Waals surface area contributed by atoms with E-state index in [0.29, 0.717) is 15.1 Å². The summed E-state index contributed by atoms with van der Waals surface area (Å²) in [4.78, 5) is 0. The van der Waals surface area contributed by atoms with E-state index in [1.807, 2.05) is 37.3 Å². The zero-order valence-electron chi connectivity index (χ0n) is 11.8. The van der Waals surface area contributed by atoms with Crippen molar-refractivity contribution in [3.05, 3.63) is 62.6 Å². The van der Waals surface area contributed by atoms with E-state index in [1.54, 1.807) is 13.2 Å². The quantitative estimate of drug-likeness (QED) is 0.789. The summed E-state index contributed by atoms with van der Waals surface area (Å²) in [6.45, 7) is 2.84. The molecule has 0 radical (unpaired) electrons. The van der Waals surface area contributed by atoms with Crippen molar-refractivity contribution in [3.63, 3.8) is 0 Å². The van der Waals surface area contributed by atoms with E-state index < -0.39 is 0 Å². The molecule has 0 fully saturated rings. The zero-order chi connectivity index (χ0) is 15.4. The van der Waals surface area contributed by atoms with Crippen LogP contribution in [-0.4, -0.2) is 13.7 Å². The van der Waals surface area contributed by atoms with Gasteiger partial charge < -0.3 is 10.1 Å². The Labute approximate surface area is 140 Å². The number of nitrogens with one attached hydrogen (secondary N) is 1. The van der Waals surface area contributed by atoms with Crippen LogP contribution in [-0.2, 0) is 0 Å². The third-order valence-corrected chi connectivity index (χ3v) is 4.16. The van der Waals surface area contributed by atoms with Gasteiger partial charge in [-0.2, -0.15) is 0 Å². The first-order valence-electron chi connectivity index (χ1n) is 6.58. The van der Waals surface area contributed by atoms with Crippen LogP contribution in [0.25, 0.3) is 0 Å². The molecule has 2 aromatic carbocycles. The molecule has 0 aliphatic carbocycles. The minimum absolute atomic E-state index is 0.0709. The van der Waals surface area contributed by atoms with E-state index >= 15 is 0 Å². The Morgan fingerprint density at radius 3 is 2.43 bits per heavy atom. The van der Waals surface area contributed by atoms with Crippen molar-refractivity contribution in [2.75, 3.05) is 13.7 Å². The number of hydrogen-bond acceptors (Lipinski definition) is 2. The lowest BCUT2D eigenvalue weighted by atomic mass is 9.97. The predicted molar refractivity (Wildman–Crippen MR) is 90.0 cm³/mol. The topological polar surface area (TPSA) is 21.3 Å². The molecule has 2 rings (SSSR count). The highest BCUT2D eigenvalue weighted by atomic mass is 35.5. The third kappa shape index (κ3) is 3.83. The standard InChI is InChI=1S/C16H16Cl3NO/c1-3-20-16(10-4-6-13(18)14(19)8-10)12-9-11(17)5-7-15(12)21-2/h4-9,16,20H,3H2,1-2H3. The summed E-state index contributed by atoms with van der Waals surface area (Å²) >= 11 is 18.3. The second-order valence-electron chi connectivity index (χ2n) is 4.55. The molecule has 1 unspecified atom stereocenters. The normalized spacial score (nSPS) is 12.2. The Morgan fingerprint density at radius 1 is 1.05 bits per heavy atom. The van der Waals surface area contributed by atoms with Crippen LogP contribution < -0.4 is 10.1 Å². The van der Waals surface area contributed by atoms with Gasteiger partial charge in [0.15, 0.2) is 0 Å². The largest absolute Gasteiger partial charge is 0.496 e. The summed E-state index contributed by atoms with van der Waals surface area (Å²) in [5.74, 6) is 0.774. The minimum Gasteiger partial charge on any atom is -0.496 e. The minimum atomic E-state index is -0.0709. The SMILES string of the molecule is CCNC(c1ccc(Cl)c(Cl)c1)c1cc(Cl)ccc1OC. The lowest BCUT2D eigenvalue weighted by Crippen LogP contribution is -2.22. The highest BCUT2D eigenvalue weighted by Crippen LogP contribution is 2.34. The lowest BCUT2D eigenvalue weighted by molar-refractivity contribution is 0.404. The lowest BCUT2D eigenvalue weighted by Gasteiger charge is -2.22. The Balaban J connectivity index is 2.52. The van der Waals surface area contributed by atoms with Crippen LogP contribution in [0.3, 0.4) is 0 Å². The van der Waals surface area contributed by atoms with Crippen LogP contribution in [0.1, 0.15) is 24.1 Å².